The summed E-state index contributed by atoms with van der Waals surface area (Å²) in [5, 5.41) is 5.91. The third-order valence-corrected chi connectivity index (χ3v) is 2.13. The molecule has 16 heavy (non-hydrogen) atoms. The van der Waals surface area contributed by atoms with Gasteiger partial charge in [0.1, 0.15) is 5.82 Å². The quantitative estimate of drug-likeness (QED) is 0.814. The van der Waals surface area contributed by atoms with E-state index in [2.05, 4.69) is 25.6 Å². The van der Waals surface area contributed by atoms with E-state index < -0.39 is 0 Å². The third kappa shape index (κ3) is 2.08. The smallest absolute Gasteiger partial charge is 0.224 e. The van der Waals surface area contributed by atoms with Gasteiger partial charge < -0.3 is 10.6 Å². The molecular formula is C11H13N5. The molecule has 0 aliphatic heterocycles. The van der Waals surface area contributed by atoms with E-state index in [4.69, 9.17) is 0 Å². The van der Waals surface area contributed by atoms with Crippen LogP contribution < -0.4 is 10.6 Å². The molecule has 0 unspecified atom stereocenters. The van der Waals surface area contributed by atoms with Crippen LogP contribution in [0.4, 0.5) is 11.8 Å². The van der Waals surface area contributed by atoms with E-state index in [1.54, 1.807) is 13.2 Å². The van der Waals surface area contributed by atoms with Gasteiger partial charge in [-0.05, 0) is 12.1 Å². The van der Waals surface area contributed by atoms with Gasteiger partial charge in [0.05, 0.1) is 11.4 Å². The van der Waals surface area contributed by atoms with Crippen LogP contribution in [0.15, 0.2) is 30.5 Å². The Labute approximate surface area is 94.0 Å². The van der Waals surface area contributed by atoms with Gasteiger partial charge in [-0.1, -0.05) is 6.07 Å². The molecule has 2 heterocycles. The molecule has 0 amide bonds. The van der Waals surface area contributed by atoms with E-state index in [1.165, 1.54) is 0 Å². The molecule has 82 valence electrons. The number of nitrogens with zero attached hydrogens (tertiary/aromatic N) is 3. The summed E-state index contributed by atoms with van der Waals surface area (Å²) in [4.78, 5) is 12.8. The summed E-state index contributed by atoms with van der Waals surface area (Å²) in [5.74, 6) is 1.34. The van der Waals surface area contributed by atoms with Crippen LogP contribution in [-0.4, -0.2) is 29.0 Å². The first-order valence-electron chi connectivity index (χ1n) is 4.99. The Bertz CT molecular complexity index is 447. The largest absolute Gasteiger partial charge is 0.373 e. The molecule has 0 saturated heterocycles. The van der Waals surface area contributed by atoms with Gasteiger partial charge in [0.15, 0.2) is 0 Å². The third-order valence-electron chi connectivity index (χ3n) is 2.13. The van der Waals surface area contributed by atoms with E-state index in [0.29, 0.717) is 5.95 Å². The number of pyridine rings is 1. The van der Waals surface area contributed by atoms with Crippen LogP contribution in [0.25, 0.3) is 11.4 Å². The summed E-state index contributed by atoms with van der Waals surface area (Å²) >= 11 is 0. The zero-order valence-electron chi connectivity index (χ0n) is 9.23. The number of hydrogen-bond acceptors (Lipinski definition) is 5. The maximum absolute atomic E-state index is 4.35. The SMILES string of the molecule is CNc1cc(-c2ccccn2)nc(NC)n1. The number of rotatable bonds is 3. The molecule has 5 nitrogen and oxygen atoms in total. The van der Waals surface area contributed by atoms with E-state index in [9.17, 15) is 0 Å². The Morgan fingerprint density at radius 1 is 1.00 bits per heavy atom. The molecular weight excluding hydrogens is 202 g/mol. The number of hydrogen-bond donors (Lipinski definition) is 2. The van der Waals surface area contributed by atoms with Gasteiger partial charge in [0.2, 0.25) is 5.95 Å². The lowest BCUT2D eigenvalue weighted by atomic mass is 10.2. The second kappa shape index (κ2) is 4.57. The standard InChI is InChI=1S/C11H13N5/c1-12-10-7-9(15-11(13-2)16-10)8-5-3-4-6-14-8/h3-7H,1-2H3,(H2,12,13,15,16). The molecule has 2 aromatic rings. The van der Waals surface area contributed by atoms with Crippen molar-refractivity contribution in [3.63, 3.8) is 0 Å². The zero-order valence-corrected chi connectivity index (χ0v) is 9.23. The minimum atomic E-state index is 0.576. The van der Waals surface area contributed by atoms with Crippen LogP contribution in [0.2, 0.25) is 0 Å². The van der Waals surface area contributed by atoms with Crippen molar-refractivity contribution < 1.29 is 0 Å². The molecule has 0 fully saturated rings. The molecule has 2 rings (SSSR count). The lowest BCUT2D eigenvalue weighted by molar-refractivity contribution is 1.13. The molecule has 0 saturated carbocycles. The minimum Gasteiger partial charge on any atom is -0.373 e. The second-order valence-electron chi connectivity index (χ2n) is 3.18. The summed E-state index contributed by atoms with van der Waals surface area (Å²) in [5.41, 5.74) is 1.63. The summed E-state index contributed by atoms with van der Waals surface area (Å²) in [6, 6.07) is 7.59. The van der Waals surface area contributed by atoms with Crippen LogP contribution >= 0.6 is 0 Å². The highest BCUT2D eigenvalue weighted by atomic mass is 15.1. The molecule has 0 atom stereocenters. The first kappa shape index (κ1) is 10.4. The number of anilines is 2. The molecule has 2 aromatic heterocycles. The average Bonchev–Trinajstić information content (AvgIpc) is 2.39. The van der Waals surface area contributed by atoms with Crippen molar-refractivity contribution >= 4 is 11.8 Å². The zero-order chi connectivity index (χ0) is 11.4. The number of aromatic nitrogens is 3. The summed E-state index contributed by atoms with van der Waals surface area (Å²) < 4.78 is 0. The molecule has 0 aromatic carbocycles. The number of nitrogens with one attached hydrogen (secondary N) is 2. The Hall–Kier alpha value is -2.17. The molecule has 0 aliphatic carbocycles. The Morgan fingerprint density at radius 2 is 1.88 bits per heavy atom. The predicted molar refractivity (Wildman–Crippen MR) is 64.4 cm³/mol. The van der Waals surface area contributed by atoms with E-state index in [-0.39, 0.29) is 0 Å². The molecule has 0 bridgehead atoms. The molecule has 0 radical (unpaired) electrons. The van der Waals surface area contributed by atoms with Gasteiger partial charge >= 0.3 is 0 Å². The van der Waals surface area contributed by atoms with Crippen molar-refractivity contribution in [2.24, 2.45) is 0 Å². The summed E-state index contributed by atoms with van der Waals surface area (Å²) in [6.45, 7) is 0. The van der Waals surface area contributed by atoms with Gasteiger partial charge in [-0.15, -0.1) is 0 Å². The van der Waals surface area contributed by atoms with Gasteiger partial charge in [0, 0.05) is 26.4 Å². The van der Waals surface area contributed by atoms with Crippen LogP contribution in [-0.2, 0) is 0 Å². The molecule has 2 N–H and O–H groups in total. The van der Waals surface area contributed by atoms with Crippen molar-refractivity contribution in [3.8, 4) is 11.4 Å². The fraction of sp³-hybridized carbons (Fsp3) is 0.182. The van der Waals surface area contributed by atoms with Crippen molar-refractivity contribution in [1.29, 1.82) is 0 Å². The van der Waals surface area contributed by atoms with E-state index in [1.807, 2.05) is 31.3 Å². The first-order chi connectivity index (χ1) is 7.83. The minimum absolute atomic E-state index is 0.576. The van der Waals surface area contributed by atoms with Crippen LogP contribution in [0.3, 0.4) is 0 Å². The monoisotopic (exact) mass is 215 g/mol. The Balaban J connectivity index is 2.48. The first-order valence-corrected chi connectivity index (χ1v) is 4.99. The van der Waals surface area contributed by atoms with Crippen LogP contribution in [0.1, 0.15) is 0 Å². The van der Waals surface area contributed by atoms with Crippen molar-refractivity contribution in [2.75, 3.05) is 24.7 Å². The van der Waals surface area contributed by atoms with E-state index in [0.717, 1.165) is 17.2 Å². The lowest BCUT2D eigenvalue weighted by Gasteiger charge is -2.06. The second-order valence-corrected chi connectivity index (χ2v) is 3.18. The Morgan fingerprint density at radius 3 is 2.50 bits per heavy atom. The predicted octanol–water partition coefficient (Wildman–Crippen LogP) is 1.62. The maximum atomic E-state index is 4.35. The topological polar surface area (TPSA) is 62.7 Å². The summed E-state index contributed by atoms with van der Waals surface area (Å²) in [7, 11) is 3.61. The Kier molecular flexibility index (Phi) is 2.95. The van der Waals surface area contributed by atoms with Crippen molar-refractivity contribution in [3.05, 3.63) is 30.5 Å². The van der Waals surface area contributed by atoms with Gasteiger partial charge in [-0.25, -0.2) is 4.98 Å². The average molecular weight is 215 g/mol. The highest BCUT2D eigenvalue weighted by Crippen LogP contribution is 2.18. The van der Waals surface area contributed by atoms with Crippen molar-refractivity contribution in [1.82, 2.24) is 15.0 Å². The fourth-order valence-corrected chi connectivity index (χ4v) is 1.33. The molecule has 0 spiro atoms. The molecule has 0 aliphatic rings. The van der Waals surface area contributed by atoms with Crippen molar-refractivity contribution in [2.45, 2.75) is 0 Å². The van der Waals surface area contributed by atoms with Gasteiger partial charge in [0.25, 0.3) is 0 Å². The maximum Gasteiger partial charge on any atom is 0.224 e. The molecule has 5 heteroatoms. The van der Waals surface area contributed by atoms with E-state index >= 15 is 0 Å². The van der Waals surface area contributed by atoms with Crippen LogP contribution in [0, 0.1) is 0 Å². The fourth-order valence-electron chi connectivity index (χ4n) is 1.33. The highest BCUT2D eigenvalue weighted by molar-refractivity contribution is 5.60. The normalized spacial score (nSPS) is 9.88. The highest BCUT2D eigenvalue weighted by Gasteiger charge is 2.05. The summed E-state index contributed by atoms with van der Waals surface area (Å²) in [6.07, 6.45) is 1.75. The van der Waals surface area contributed by atoms with Crippen LogP contribution in [0.5, 0.6) is 0 Å². The van der Waals surface area contributed by atoms with Gasteiger partial charge in [-0.3, -0.25) is 4.98 Å². The lowest BCUT2D eigenvalue weighted by Crippen LogP contribution is -2.02. The van der Waals surface area contributed by atoms with Gasteiger partial charge in [-0.2, -0.15) is 4.98 Å².